The molecule has 4 nitrogen and oxygen atoms in total. The summed E-state index contributed by atoms with van der Waals surface area (Å²) >= 11 is 0. The maximum absolute atomic E-state index is 12.8. The molecule has 0 N–H and O–H groups in total. The van der Waals surface area contributed by atoms with E-state index in [0.717, 1.165) is 25.0 Å². The molecule has 0 amide bonds. The summed E-state index contributed by atoms with van der Waals surface area (Å²) in [5, 5.41) is 0. The van der Waals surface area contributed by atoms with Crippen molar-refractivity contribution in [3.05, 3.63) is 11.3 Å². The van der Waals surface area contributed by atoms with Crippen LogP contribution < -0.4 is 0 Å². The number of hydrogen-bond acceptors (Lipinski definition) is 4. The molecule has 2 rings (SSSR count). The van der Waals surface area contributed by atoms with Crippen LogP contribution in [0, 0.1) is 11.8 Å². The lowest BCUT2D eigenvalue weighted by Crippen LogP contribution is -2.48. The number of ketones is 1. The second-order valence-electron chi connectivity index (χ2n) is 9.67. The van der Waals surface area contributed by atoms with E-state index in [0.29, 0.717) is 29.0 Å². The highest BCUT2D eigenvalue weighted by molar-refractivity contribution is 6.77. The molecule has 0 aromatic rings. The van der Waals surface area contributed by atoms with Gasteiger partial charge in [0.25, 0.3) is 0 Å². The highest BCUT2D eigenvalue weighted by Gasteiger charge is 2.47. The summed E-state index contributed by atoms with van der Waals surface area (Å²) < 4.78 is 18.5. The average Bonchev–Trinajstić information content (AvgIpc) is 2.68. The van der Waals surface area contributed by atoms with Crippen molar-refractivity contribution >= 4 is 14.1 Å². The minimum Gasteiger partial charge on any atom is -0.459 e. The Kier molecular flexibility index (Phi) is 7.02. The number of hydrogen-bond donors (Lipinski definition) is 0. The van der Waals surface area contributed by atoms with Gasteiger partial charge in [-0.3, -0.25) is 4.79 Å². The van der Waals surface area contributed by atoms with Gasteiger partial charge >= 0.3 is 0 Å². The second kappa shape index (κ2) is 8.38. The molecule has 27 heavy (non-hydrogen) atoms. The third-order valence-electron chi connectivity index (χ3n) is 6.64. The fourth-order valence-electron chi connectivity index (χ4n) is 5.40. The zero-order valence-corrected chi connectivity index (χ0v) is 19.8. The quantitative estimate of drug-likeness (QED) is 0.508. The van der Waals surface area contributed by atoms with E-state index in [1.165, 1.54) is 0 Å². The molecular weight excluding hydrogens is 356 g/mol. The monoisotopic (exact) mass is 396 g/mol. The van der Waals surface area contributed by atoms with Crippen molar-refractivity contribution < 1.29 is 18.7 Å². The zero-order valence-electron chi connectivity index (χ0n) is 18.8. The first-order valence-electron chi connectivity index (χ1n) is 10.7. The van der Waals surface area contributed by atoms with Gasteiger partial charge in [0.15, 0.2) is 14.1 Å². The van der Waals surface area contributed by atoms with Gasteiger partial charge in [-0.05, 0) is 41.0 Å². The van der Waals surface area contributed by atoms with Crippen molar-refractivity contribution in [1.29, 1.82) is 0 Å². The van der Waals surface area contributed by atoms with Crippen LogP contribution in [0.3, 0.4) is 0 Å². The number of carbonyl (C=O) groups is 1. The normalized spacial score (nSPS) is 26.0. The van der Waals surface area contributed by atoms with E-state index in [1.807, 2.05) is 20.8 Å². The molecule has 0 unspecified atom stereocenters. The van der Waals surface area contributed by atoms with Crippen molar-refractivity contribution in [3.8, 4) is 0 Å². The SMILES string of the molecule is CC(C)[Si](OCC[C@@H]1C2=C(OC(C)(C)OCC2)C(=O)[C@@H]1C)(C(C)C)C(C)C. The predicted molar refractivity (Wildman–Crippen MR) is 112 cm³/mol. The van der Waals surface area contributed by atoms with Crippen molar-refractivity contribution in [1.82, 2.24) is 0 Å². The van der Waals surface area contributed by atoms with Crippen LogP contribution >= 0.6 is 0 Å². The standard InChI is InChI=1S/C22H40O4Si/c1-14(2)27(15(3)4,16(5)6)25-13-11-18-17(7)20(23)21-19(18)10-12-24-22(8,9)26-21/h14-18H,10-13H2,1-9H3/t17-,18+/m1/s1. The van der Waals surface area contributed by atoms with Crippen LogP contribution in [0.5, 0.6) is 0 Å². The van der Waals surface area contributed by atoms with Crippen molar-refractivity contribution in [2.75, 3.05) is 13.2 Å². The van der Waals surface area contributed by atoms with Crippen molar-refractivity contribution in [2.24, 2.45) is 11.8 Å². The number of ether oxygens (including phenoxy) is 2. The molecular formula is C22H40O4Si. The van der Waals surface area contributed by atoms with Crippen LogP contribution in [0.15, 0.2) is 11.3 Å². The smallest absolute Gasteiger partial charge is 0.205 e. The van der Waals surface area contributed by atoms with Gasteiger partial charge in [0, 0.05) is 26.4 Å². The molecule has 1 aliphatic carbocycles. The molecule has 5 heteroatoms. The average molecular weight is 397 g/mol. The Bertz CT molecular complexity index is 555. The van der Waals surface area contributed by atoms with Crippen molar-refractivity contribution in [2.45, 2.75) is 97.6 Å². The highest BCUT2D eigenvalue weighted by atomic mass is 28.4. The predicted octanol–water partition coefficient (Wildman–Crippen LogP) is 5.83. The van der Waals surface area contributed by atoms with Crippen LogP contribution in [-0.2, 0) is 18.7 Å². The molecule has 1 aliphatic heterocycles. The van der Waals surface area contributed by atoms with Gasteiger partial charge in [-0.1, -0.05) is 48.5 Å². The van der Waals surface area contributed by atoms with Gasteiger partial charge in [-0.15, -0.1) is 0 Å². The molecule has 0 radical (unpaired) electrons. The van der Waals surface area contributed by atoms with Crippen LogP contribution in [-0.4, -0.2) is 33.1 Å². The van der Waals surface area contributed by atoms with Crippen LogP contribution in [0.1, 0.15) is 75.2 Å². The third kappa shape index (κ3) is 4.35. The topological polar surface area (TPSA) is 44.8 Å². The van der Waals surface area contributed by atoms with E-state index in [9.17, 15) is 4.79 Å². The summed E-state index contributed by atoms with van der Waals surface area (Å²) in [6.07, 6.45) is 1.66. The molecule has 2 aliphatic rings. The first-order chi connectivity index (χ1) is 12.4. The lowest BCUT2D eigenvalue weighted by Gasteiger charge is -2.42. The van der Waals surface area contributed by atoms with Gasteiger partial charge in [0.2, 0.25) is 11.6 Å². The van der Waals surface area contributed by atoms with E-state index in [1.54, 1.807) is 0 Å². The first kappa shape index (κ1) is 22.6. The number of rotatable bonds is 7. The zero-order chi connectivity index (χ0) is 20.6. The molecule has 0 aromatic heterocycles. The van der Waals surface area contributed by atoms with Gasteiger partial charge in [0.05, 0.1) is 6.61 Å². The summed E-state index contributed by atoms with van der Waals surface area (Å²) in [5.41, 5.74) is 2.87. The van der Waals surface area contributed by atoms with E-state index >= 15 is 0 Å². The minimum absolute atomic E-state index is 0.0271. The van der Waals surface area contributed by atoms with E-state index in [2.05, 4.69) is 41.5 Å². The molecule has 0 saturated heterocycles. The van der Waals surface area contributed by atoms with Gasteiger partial charge in [0.1, 0.15) is 0 Å². The Morgan fingerprint density at radius 3 is 2.19 bits per heavy atom. The summed E-state index contributed by atoms with van der Waals surface area (Å²) in [5.74, 6) is 0.153. The summed E-state index contributed by atoms with van der Waals surface area (Å²) in [6.45, 7) is 21.0. The van der Waals surface area contributed by atoms with Gasteiger partial charge in [-0.2, -0.15) is 0 Å². The molecule has 0 bridgehead atoms. The minimum atomic E-state index is -1.87. The van der Waals surface area contributed by atoms with Gasteiger partial charge in [-0.25, -0.2) is 0 Å². The molecule has 0 aromatic carbocycles. The van der Waals surface area contributed by atoms with Crippen LogP contribution in [0.2, 0.25) is 16.6 Å². The molecule has 2 atom stereocenters. The molecule has 1 heterocycles. The summed E-state index contributed by atoms with van der Waals surface area (Å²) in [4.78, 5) is 12.8. The van der Waals surface area contributed by atoms with Crippen molar-refractivity contribution in [3.63, 3.8) is 0 Å². The Balaban J connectivity index is 2.15. The van der Waals surface area contributed by atoms with Crippen LogP contribution in [0.4, 0.5) is 0 Å². The second-order valence-corrected chi connectivity index (χ2v) is 15.1. The Labute approximate surface area is 167 Å². The fourth-order valence-corrected chi connectivity index (χ4v) is 10.9. The Hall–Kier alpha value is -0.653. The van der Waals surface area contributed by atoms with Gasteiger partial charge < -0.3 is 13.9 Å². The lowest BCUT2D eigenvalue weighted by molar-refractivity contribution is -0.186. The number of Topliss-reactive ketones (excluding diaryl/α,β-unsaturated/α-hetero) is 1. The van der Waals surface area contributed by atoms with E-state index < -0.39 is 14.1 Å². The Morgan fingerprint density at radius 2 is 1.67 bits per heavy atom. The fraction of sp³-hybridized carbons (Fsp3) is 0.864. The summed E-state index contributed by atoms with van der Waals surface area (Å²) in [6, 6.07) is 0. The summed E-state index contributed by atoms with van der Waals surface area (Å²) in [7, 11) is -1.87. The van der Waals surface area contributed by atoms with E-state index in [-0.39, 0.29) is 17.6 Å². The lowest BCUT2D eigenvalue weighted by atomic mass is 9.88. The molecule has 0 saturated carbocycles. The van der Waals surface area contributed by atoms with Crippen LogP contribution in [0.25, 0.3) is 0 Å². The number of allylic oxidation sites excluding steroid dienone is 1. The van der Waals surface area contributed by atoms with E-state index in [4.69, 9.17) is 13.9 Å². The maximum Gasteiger partial charge on any atom is 0.205 e. The number of carbonyl (C=O) groups excluding carboxylic acids is 1. The highest BCUT2D eigenvalue weighted by Crippen LogP contribution is 2.45. The first-order valence-corrected chi connectivity index (χ1v) is 12.8. The molecule has 156 valence electrons. The maximum atomic E-state index is 12.8. The molecule has 0 fully saturated rings. The molecule has 0 spiro atoms. The third-order valence-corrected chi connectivity index (χ3v) is 12.8. The Morgan fingerprint density at radius 1 is 1.11 bits per heavy atom. The largest absolute Gasteiger partial charge is 0.459 e.